The van der Waals surface area contributed by atoms with Gasteiger partial charge in [-0.25, -0.2) is 8.78 Å². The molecule has 1 heterocycles. The van der Waals surface area contributed by atoms with Crippen LogP contribution in [0.15, 0.2) is 39.6 Å². The average molecular weight is 277 g/mol. The van der Waals surface area contributed by atoms with Crippen LogP contribution in [-0.4, -0.2) is 5.92 Å². The largest absolute Gasteiger partial charge is 0.441 e. The molecule has 0 spiro atoms. The van der Waals surface area contributed by atoms with Gasteiger partial charge in [0.15, 0.2) is 11.3 Å². The third kappa shape index (κ3) is 2.31. The van der Waals surface area contributed by atoms with Gasteiger partial charge in [0.2, 0.25) is 0 Å². The van der Waals surface area contributed by atoms with Crippen molar-refractivity contribution in [2.24, 2.45) is 0 Å². The number of halogens is 2. The molecule has 0 aromatic carbocycles. The molecule has 104 valence electrons. The summed E-state index contributed by atoms with van der Waals surface area (Å²) in [6.07, 6.45) is 1.26. The number of anilines is 1. The molecule has 0 saturated carbocycles. The Balaban J connectivity index is 2.08. The summed E-state index contributed by atoms with van der Waals surface area (Å²) < 4.78 is 31.6. The minimum Gasteiger partial charge on any atom is -0.441 e. The first-order valence-corrected chi connectivity index (χ1v) is 6.35. The molecule has 0 bridgehead atoms. The highest BCUT2D eigenvalue weighted by Crippen LogP contribution is 2.37. The van der Waals surface area contributed by atoms with Crippen LogP contribution in [0.2, 0.25) is 0 Å². The first kappa shape index (κ1) is 12.8. The number of fused-ring (bicyclic) bond motifs is 1. The molecule has 20 heavy (non-hydrogen) atoms. The van der Waals surface area contributed by atoms with E-state index in [0.717, 1.165) is 5.57 Å². The molecule has 0 atom stereocenters. The molecule has 2 N–H and O–H groups in total. The lowest BCUT2D eigenvalue weighted by Crippen LogP contribution is -2.18. The van der Waals surface area contributed by atoms with Crippen LogP contribution in [-0.2, 0) is 0 Å². The fraction of sp³-hybridized carbons (Fsp3) is 0.267. The van der Waals surface area contributed by atoms with E-state index < -0.39 is 5.92 Å². The van der Waals surface area contributed by atoms with E-state index in [9.17, 15) is 13.6 Å². The molecule has 3 aliphatic rings. The summed E-state index contributed by atoms with van der Waals surface area (Å²) in [7, 11) is 0. The second kappa shape index (κ2) is 4.44. The molecular formula is C15H13F2NO2. The third-order valence-electron chi connectivity index (χ3n) is 3.52. The van der Waals surface area contributed by atoms with E-state index in [0.29, 0.717) is 16.9 Å². The van der Waals surface area contributed by atoms with E-state index in [-0.39, 0.29) is 30.6 Å². The van der Waals surface area contributed by atoms with Crippen molar-refractivity contribution in [3.63, 3.8) is 0 Å². The summed E-state index contributed by atoms with van der Waals surface area (Å²) in [6.45, 7) is 0. The second-order valence-electron chi connectivity index (χ2n) is 5.01. The van der Waals surface area contributed by atoms with Crippen LogP contribution in [0.5, 0.6) is 0 Å². The van der Waals surface area contributed by atoms with Crippen LogP contribution >= 0.6 is 0 Å². The fourth-order valence-corrected chi connectivity index (χ4v) is 2.42. The van der Waals surface area contributed by atoms with Gasteiger partial charge in [-0.1, -0.05) is 6.08 Å². The van der Waals surface area contributed by atoms with Crippen LogP contribution in [0.25, 0.3) is 16.9 Å². The molecule has 0 amide bonds. The highest BCUT2D eigenvalue weighted by atomic mass is 19.3. The molecule has 3 nitrogen and oxygen atoms in total. The Morgan fingerprint density at radius 1 is 1.25 bits per heavy atom. The van der Waals surface area contributed by atoms with E-state index in [2.05, 4.69) is 0 Å². The van der Waals surface area contributed by atoms with Gasteiger partial charge < -0.3 is 10.2 Å². The lowest BCUT2D eigenvalue weighted by molar-refractivity contribution is -0.00602. The lowest BCUT2D eigenvalue weighted by Gasteiger charge is -2.21. The minimum absolute atomic E-state index is 0.195. The van der Waals surface area contributed by atoms with E-state index in [1.165, 1.54) is 18.2 Å². The van der Waals surface area contributed by atoms with Gasteiger partial charge in [0, 0.05) is 12.8 Å². The van der Waals surface area contributed by atoms with Gasteiger partial charge in [-0.2, -0.15) is 0 Å². The Morgan fingerprint density at radius 2 is 2.05 bits per heavy atom. The predicted molar refractivity (Wildman–Crippen MR) is 72.8 cm³/mol. The number of benzene rings is 1. The van der Waals surface area contributed by atoms with Gasteiger partial charge in [0.05, 0.1) is 5.56 Å². The molecular weight excluding hydrogens is 264 g/mol. The van der Waals surface area contributed by atoms with Crippen LogP contribution in [0.1, 0.15) is 24.8 Å². The number of hydrogen-bond acceptors (Lipinski definition) is 3. The first-order valence-electron chi connectivity index (χ1n) is 6.35. The van der Waals surface area contributed by atoms with Crippen molar-refractivity contribution in [2.75, 3.05) is 5.73 Å². The van der Waals surface area contributed by atoms with Gasteiger partial charge in [0.25, 0.3) is 5.92 Å². The van der Waals surface area contributed by atoms with Crippen molar-refractivity contribution in [1.82, 2.24) is 0 Å². The van der Waals surface area contributed by atoms with Gasteiger partial charge in [0.1, 0.15) is 5.76 Å². The molecule has 1 aliphatic heterocycles. The molecule has 2 aliphatic carbocycles. The zero-order valence-corrected chi connectivity index (χ0v) is 10.7. The Bertz CT molecular complexity index is 718. The maximum absolute atomic E-state index is 13.1. The second-order valence-corrected chi connectivity index (χ2v) is 5.01. The maximum atomic E-state index is 13.1. The summed E-state index contributed by atoms with van der Waals surface area (Å²) in [6, 6.07) is 6.26. The topological polar surface area (TPSA) is 56.2 Å². The standard InChI is InChI=1S/C15H13F2NO2/c16-15(17)5-3-9(4-6-15)10-7-12(19)11-1-2-14(18)20-13(11)8-10/h1-3,7-8H,4-6,18H2. The Kier molecular flexibility index (Phi) is 2.85. The van der Waals surface area contributed by atoms with Gasteiger partial charge in [-0.3, -0.25) is 4.79 Å². The predicted octanol–water partition coefficient (Wildman–Crippen LogP) is 3.53. The zero-order valence-electron chi connectivity index (χ0n) is 10.7. The molecule has 3 rings (SSSR count). The average Bonchev–Trinajstić information content (AvgIpc) is 2.38. The van der Waals surface area contributed by atoms with Crippen molar-refractivity contribution in [2.45, 2.75) is 25.2 Å². The van der Waals surface area contributed by atoms with Crippen LogP contribution in [0.4, 0.5) is 14.7 Å². The summed E-state index contributed by atoms with van der Waals surface area (Å²) >= 11 is 0. The molecule has 0 saturated heterocycles. The highest BCUT2D eigenvalue weighted by Gasteiger charge is 2.31. The number of allylic oxidation sites excluding steroid dienone is 2. The van der Waals surface area contributed by atoms with Gasteiger partial charge in [-0.05, 0) is 41.8 Å². The number of nitrogen functional groups attached to an aromatic ring is 1. The summed E-state index contributed by atoms with van der Waals surface area (Å²) in [5.74, 6) is -2.06. The van der Waals surface area contributed by atoms with Crippen molar-refractivity contribution in [3.8, 4) is 11.3 Å². The van der Waals surface area contributed by atoms with E-state index in [1.807, 2.05) is 0 Å². The summed E-state index contributed by atoms with van der Waals surface area (Å²) in [4.78, 5) is 12.0. The van der Waals surface area contributed by atoms with Crippen molar-refractivity contribution in [1.29, 1.82) is 0 Å². The Morgan fingerprint density at radius 3 is 2.75 bits per heavy atom. The quantitative estimate of drug-likeness (QED) is 0.867. The minimum atomic E-state index is -2.64. The van der Waals surface area contributed by atoms with Crippen molar-refractivity contribution in [3.05, 3.63) is 46.1 Å². The number of hydrogen-bond donors (Lipinski definition) is 1. The highest BCUT2D eigenvalue weighted by molar-refractivity contribution is 5.72. The van der Waals surface area contributed by atoms with Gasteiger partial charge >= 0.3 is 0 Å². The van der Waals surface area contributed by atoms with E-state index in [1.54, 1.807) is 12.1 Å². The molecule has 5 heteroatoms. The monoisotopic (exact) mass is 277 g/mol. The maximum Gasteiger partial charge on any atom is 0.251 e. The first-order chi connectivity index (χ1) is 9.44. The molecule has 0 aromatic rings. The normalized spacial score (nSPS) is 18.0. The fourth-order valence-electron chi connectivity index (χ4n) is 2.42. The molecule has 0 fully saturated rings. The van der Waals surface area contributed by atoms with Crippen LogP contribution in [0.3, 0.4) is 0 Å². The van der Waals surface area contributed by atoms with Crippen molar-refractivity contribution >= 4 is 11.5 Å². The Hall–Kier alpha value is -2.17. The van der Waals surface area contributed by atoms with E-state index in [4.69, 9.17) is 10.2 Å². The SMILES string of the molecule is Nc1ccc2c(=O)cc(C3=CCC(F)(F)CC3)cc-2o1. The van der Waals surface area contributed by atoms with E-state index >= 15 is 0 Å². The number of alkyl halides is 2. The lowest BCUT2D eigenvalue weighted by atomic mass is 9.90. The zero-order chi connectivity index (χ0) is 14.3. The third-order valence-corrected chi connectivity index (χ3v) is 3.52. The number of rotatable bonds is 1. The molecule has 0 aromatic heterocycles. The Labute approximate surface area is 114 Å². The summed E-state index contributed by atoms with van der Waals surface area (Å²) in [5, 5.41) is 0. The van der Waals surface area contributed by atoms with Crippen molar-refractivity contribution < 1.29 is 13.2 Å². The smallest absolute Gasteiger partial charge is 0.251 e. The van der Waals surface area contributed by atoms with Gasteiger partial charge in [-0.15, -0.1) is 0 Å². The van der Waals surface area contributed by atoms with Crippen LogP contribution in [0, 0.1) is 0 Å². The number of nitrogens with two attached hydrogens (primary N) is 1. The molecule has 0 radical (unpaired) electrons. The summed E-state index contributed by atoms with van der Waals surface area (Å²) in [5.41, 5.74) is 7.18. The molecule has 0 unspecified atom stereocenters. The van der Waals surface area contributed by atoms with Crippen LogP contribution < -0.4 is 11.2 Å².